The SMILES string of the molecule is Cc1ccc(Br)c(NC(=O)N(C)CCO)c1. The molecule has 2 amide bonds. The van der Waals surface area contributed by atoms with Gasteiger partial charge in [-0.25, -0.2) is 4.79 Å². The molecule has 0 unspecified atom stereocenters. The third kappa shape index (κ3) is 3.50. The van der Waals surface area contributed by atoms with Crippen LogP contribution >= 0.6 is 15.9 Å². The number of aliphatic hydroxyl groups is 1. The van der Waals surface area contributed by atoms with Gasteiger partial charge < -0.3 is 15.3 Å². The molecule has 0 aliphatic heterocycles. The Hall–Kier alpha value is -1.07. The molecule has 0 aromatic heterocycles. The van der Waals surface area contributed by atoms with Crippen molar-refractivity contribution in [2.24, 2.45) is 0 Å². The van der Waals surface area contributed by atoms with E-state index < -0.39 is 0 Å². The van der Waals surface area contributed by atoms with Gasteiger partial charge in [0.05, 0.1) is 12.3 Å². The van der Waals surface area contributed by atoms with Gasteiger partial charge in [0.15, 0.2) is 0 Å². The van der Waals surface area contributed by atoms with Crippen molar-refractivity contribution in [3.8, 4) is 0 Å². The molecule has 0 saturated carbocycles. The van der Waals surface area contributed by atoms with E-state index in [9.17, 15) is 4.79 Å². The molecule has 88 valence electrons. The molecule has 16 heavy (non-hydrogen) atoms. The van der Waals surface area contributed by atoms with Crippen LogP contribution in [0.25, 0.3) is 0 Å². The number of carbonyl (C=O) groups is 1. The monoisotopic (exact) mass is 286 g/mol. The molecule has 1 aromatic rings. The normalized spacial score (nSPS) is 10.0. The third-order valence-corrected chi connectivity index (χ3v) is 2.84. The predicted octanol–water partition coefficient (Wildman–Crippen LogP) is 2.21. The molecule has 0 heterocycles. The average molecular weight is 287 g/mol. The lowest BCUT2D eigenvalue weighted by molar-refractivity contribution is 0.202. The maximum Gasteiger partial charge on any atom is 0.321 e. The fourth-order valence-corrected chi connectivity index (χ4v) is 1.54. The summed E-state index contributed by atoms with van der Waals surface area (Å²) < 4.78 is 0.837. The number of amides is 2. The molecule has 2 N–H and O–H groups in total. The number of carbonyl (C=O) groups excluding carboxylic acids is 1. The standard InChI is InChI=1S/C11H15BrN2O2/c1-8-3-4-9(12)10(7-8)13-11(16)14(2)5-6-15/h3-4,7,15H,5-6H2,1-2H3,(H,13,16). The summed E-state index contributed by atoms with van der Waals surface area (Å²) in [6.07, 6.45) is 0. The summed E-state index contributed by atoms with van der Waals surface area (Å²) in [6.45, 7) is 2.23. The predicted molar refractivity (Wildman–Crippen MR) is 67.6 cm³/mol. The number of benzene rings is 1. The number of anilines is 1. The Balaban J connectivity index is 2.72. The van der Waals surface area contributed by atoms with E-state index in [-0.39, 0.29) is 12.6 Å². The molecular weight excluding hydrogens is 272 g/mol. The first kappa shape index (κ1) is 13.0. The molecule has 0 aliphatic rings. The lowest BCUT2D eigenvalue weighted by Crippen LogP contribution is -2.33. The Bertz CT molecular complexity index is 382. The van der Waals surface area contributed by atoms with E-state index in [0.717, 1.165) is 15.7 Å². The highest BCUT2D eigenvalue weighted by molar-refractivity contribution is 9.10. The van der Waals surface area contributed by atoms with Gasteiger partial charge >= 0.3 is 6.03 Å². The molecule has 0 radical (unpaired) electrons. The van der Waals surface area contributed by atoms with E-state index in [0.29, 0.717) is 6.54 Å². The molecule has 0 spiro atoms. The van der Waals surface area contributed by atoms with Crippen LogP contribution in [-0.2, 0) is 0 Å². The number of aryl methyl sites for hydroxylation is 1. The second-order valence-electron chi connectivity index (χ2n) is 3.56. The van der Waals surface area contributed by atoms with Crippen LogP contribution in [0.1, 0.15) is 5.56 Å². The Kier molecular flexibility index (Phi) is 4.76. The van der Waals surface area contributed by atoms with Gasteiger partial charge in [0.2, 0.25) is 0 Å². The van der Waals surface area contributed by atoms with Crippen molar-refractivity contribution < 1.29 is 9.90 Å². The smallest absolute Gasteiger partial charge is 0.321 e. The number of nitrogens with one attached hydrogen (secondary N) is 1. The number of urea groups is 1. The Morgan fingerprint density at radius 2 is 2.25 bits per heavy atom. The first-order valence-corrected chi connectivity index (χ1v) is 5.73. The number of hydrogen-bond donors (Lipinski definition) is 2. The minimum Gasteiger partial charge on any atom is -0.395 e. The maximum atomic E-state index is 11.6. The van der Waals surface area contributed by atoms with Crippen molar-refractivity contribution in [1.29, 1.82) is 0 Å². The van der Waals surface area contributed by atoms with E-state index in [4.69, 9.17) is 5.11 Å². The fraction of sp³-hybridized carbons (Fsp3) is 0.364. The molecular formula is C11H15BrN2O2. The first-order chi connectivity index (χ1) is 7.54. The van der Waals surface area contributed by atoms with Crippen molar-refractivity contribution in [2.75, 3.05) is 25.5 Å². The van der Waals surface area contributed by atoms with Crippen molar-refractivity contribution >= 4 is 27.6 Å². The zero-order chi connectivity index (χ0) is 12.1. The summed E-state index contributed by atoms with van der Waals surface area (Å²) in [5.41, 5.74) is 1.80. The average Bonchev–Trinajstić information content (AvgIpc) is 2.23. The quantitative estimate of drug-likeness (QED) is 0.895. The van der Waals surface area contributed by atoms with Crippen LogP contribution in [0.2, 0.25) is 0 Å². The highest BCUT2D eigenvalue weighted by atomic mass is 79.9. The summed E-state index contributed by atoms with van der Waals surface area (Å²) in [4.78, 5) is 13.1. The lowest BCUT2D eigenvalue weighted by Gasteiger charge is -2.17. The number of halogens is 1. The Morgan fingerprint density at radius 3 is 2.88 bits per heavy atom. The second-order valence-corrected chi connectivity index (χ2v) is 4.41. The van der Waals surface area contributed by atoms with Gasteiger partial charge in [-0.3, -0.25) is 0 Å². The highest BCUT2D eigenvalue weighted by Gasteiger charge is 2.09. The molecule has 5 heteroatoms. The minimum absolute atomic E-state index is 0.0428. The molecule has 1 aromatic carbocycles. The fourth-order valence-electron chi connectivity index (χ4n) is 1.20. The molecule has 0 atom stereocenters. The largest absolute Gasteiger partial charge is 0.395 e. The topological polar surface area (TPSA) is 52.6 Å². The number of aliphatic hydroxyl groups excluding tert-OH is 1. The van der Waals surface area contributed by atoms with E-state index in [1.807, 2.05) is 25.1 Å². The van der Waals surface area contributed by atoms with Crippen molar-refractivity contribution in [3.05, 3.63) is 28.2 Å². The molecule has 1 rings (SSSR count). The van der Waals surface area contributed by atoms with Gasteiger partial charge in [0.1, 0.15) is 0 Å². The Labute approximate surface area is 103 Å². The molecule has 4 nitrogen and oxygen atoms in total. The van der Waals surface area contributed by atoms with E-state index in [1.54, 1.807) is 7.05 Å². The van der Waals surface area contributed by atoms with Gasteiger partial charge in [0.25, 0.3) is 0 Å². The van der Waals surface area contributed by atoms with E-state index >= 15 is 0 Å². The van der Waals surface area contributed by atoms with Crippen LogP contribution in [0.4, 0.5) is 10.5 Å². The summed E-state index contributed by atoms with van der Waals surface area (Å²) in [6, 6.07) is 5.49. The zero-order valence-electron chi connectivity index (χ0n) is 9.33. The van der Waals surface area contributed by atoms with Crippen LogP contribution in [0, 0.1) is 6.92 Å². The summed E-state index contributed by atoms with van der Waals surface area (Å²) in [7, 11) is 1.63. The molecule has 0 saturated heterocycles. The van der Waals surface area contributed by atoms with Crippen molar-refractivity contribution in [2.45, 2.75) is 6.92 Å². The van der Waals surface area contributed by atoms with Crippen molar-refractivity contribution in [1.82, 2.24) is 4.90 Å². The number of rotatable bonds is 3. The zero-order valence-corrected chi connectivity index (χ0v) is 10.9. The highest BCUT2D eigenvalue weighted by Crippen LogP contribution is 2.23. The van der Waals surface area contributed by atoms with Gasteiger partial charge in [-0.2, -0.15) is 0 Å². The number of nitrogens with zero attached hydrogens (tertiary/aromatic N) is 1. The minimum atomic E-state index is -0.236. The van der Waals surface area contributed by atoms with E-state index in [1.165, 1.54) is 4.90 Å². The molecule has 0 bridgehead atoms. The van der Waals surface area contributed by atoms with Crippen molar-refractivity contribution in [3.63, 3.8) is 0 Å². The van der Waals surface area contributed by atoms with Gasteiger partial charge in [-0.1, -0.05) is 6.07 Å². The third-order valence-electron chi connectivity index (χ3n) is 2.15. The van der Waals surface area contributed by atoms with E-state index in [2.05, 4.69) is 21.2 Å². The van der Waals surface area contributed by atoms with Crippen LogP contribution < -0.4 is 5.32 Å². The second kappa shape index (κ2) is 5.86. The van der Waals surface area contributed by atoms with Crippen LogP contribution in [-0.4, -0.2) is 36.2 Å². The number of likely N-dealkylation sites (N-methyl/N-ethyl adjacent to an activating group) is 1. The molecule has 0 aliphatic carbocycles. The van der Waals surface area contributed by atoms with Crippen LogP contribution in [0.3, 0.4) is 0 Å². The molecule has 0 fully saturated rings. The summed E-state index contributed by atoms with van der Waals surface area (Å²) >= 11 is 3.36. The van der Waals surface area contributed by atoms with Crippen LogP contribution in [0.15, 0.2) is 22.7 Å². The van der Waals surface area contributed by atoms with Crippen LogP contribution in [0.5, 0.6) is 0 Å². The summed E-state index contributed by atoms with van der Waals surface area (Å²) in [5.74, 6) is 0. The maximum absolute atomic E-state index is 11.6. The van der Waals surface area contributed by atoms with Gasteiger partial charge in [-0.05, 0) is 40.5 Å². The lowest BCUT2D eigenvalue weighted by atomic mass is 10.2. The summed E-state index contributed by atoms with van der Waals surface area (Å²) in [5, 5.41) is 11.5. The Morgan fingerprint density at radius 1 is 1.56 bits per heavy atom. The first-order valence-electron chi connectivity index (χ1n) is 4.93. The van der Waals surface area contributed by atoms with Gasteiger partial charge in [-0.15, -0.1) is 0 Å². The number of hydrogen-bond acceptors (Lipinski definition) is 2. The van der Waals surface area contributed by atoms with Gasteiger partial charge in [0, 0.05) is 18.1 Å².